The maximum atomic E-state index is 14.9. The van der Waals surface area contributed by atoms with Gasteiger partial charge >= 0.3 is 0 Å². The summed E-state index contributed by atoms with van der Waals surface area (Å²) in [6, 6.07) is 5.67. The zero-order chi connectivity index (χ0) is 28.0. The number of rotatable bonds is 5. The molecule has 11 nitrogen and oxygen atoms in total. The molecule has 0 bridgehead atoms. The Morgan fingerprint density at radius 3 is 2.73 bits per heavy atom. The highest BCUT2D eigenvalue weighted by Gasteiger charge is 2.46. The van der Waals surface area contributed by atoms with E-state index in [2.05, 4.69) is 55.1 Å². The Morgan fingerprint density at radius 1 is 1.15 bits per heavy atom. The number of hydrogen-bond acceptors (Lipinski definition) is 11. The maximum absolute atomic E-state index is 14.9. The Bertz CT molecular complexity index is 1180. The molecule has 6 aliphatic heterocycles. The van der Waals surface area contributed by atoms with Gasteiger partial charge in [-0.15, -0.1) is 0 Å². The number of fused-ring (bicyclic) bond motifs is 1. The fourth-order valence-corrected chi connectivity index (χ4v) is 7.21. The molecule has 7 heterocycles. The van der Waals surface area contributed by atoms with Crippen molar-refractivity contribution in [2.45, 2.75) is 49.4 Å². The fraction of sp³-hybridized carbons (Fsp3) is 0.690. The Morgan fingerprint density at radius 2 is 2.00 bits per heavy atom. The smallest absolute Gasteiger partial charge is 0.164 e. The van der Waals surface area contributed by atoms with Gasteiger partial charge in [0.05, 0.1) is 56.1 Å². The number of hydrogen-bond donors (Lipinski definition) is 1. The van der Waals surface area contributed by atoms with Crippen molar-refractivity contribution in [3.8, 4) is 6.07 Å². The molecule has 0 aliphatic carbocycles. The topological polar surface area (TPSA) is 95.7 Å². The standard InChI is InChI=1S/C29H40FN9O2/c1-21-15-37(26-4-2-22(12-31)39-28(26)25(30)14-34-39)17-24(41-21)16-35-7-9-36(10-8-35)23-3-5-27(33-13-23)38-19-29(20-38)18-32-6-11-40-29/h3-5,13-14,21-22,24-25,28,32H,2,6-11,15-20H2,1H3/t21-,22?,24+,25?,28?/m1/s1. The first kappa shape index (κ1) is 26.9. The van der Waals surface area contributed by atoms with Gasteiger partial charge in [0.25, 0.3) is 0 Å². The van der Waals surface area contributed by atoms with Crippen LogP contribution in [0.4, 0.5) is 15.9 Å². The summed E-state index contributed by atoms with van der Waals surface area (Å²) in [7, 11) is 0. The molecule has 0 amide bonds. The summed E-state index contributed by atoms with van der Waals surface area (Å²) in [4.78, 5) is 14.2. The summed E-state index contributed by atoms with van der Waals surface area (Å²) in [6.07, 6.45) is 4.83. The minimum absolute atomic E-state index is 0.0397. The molecule has 0 aromatic carbocycles. The molecule has 41 heavy (non-hydrogen) atoms. The molecule has 1 spiro atoms. The van der Waals surface area contributed by atoms with Crippen molar-refractivity contribution in [3.05, 3.63) is 30.1 Å². The summed E-state index contributed by atoms with van der Waals surface area (Å²) in [6.45, 7) is 12.6. The number of nitriles is 1. The van der Waals surface area contributed by atoms with E-state index in [0.29, 0.717) is 6.42 Å². The third-order valence-electron chi connectivity index (χ3n) is 9.29. The van der Waals surface area contributed by atoms with Gasteiger partial charge in [-0.3, -0.25) is 9.91 Å². The average Bonchev–Trinajstić information content (AvgIpc) is 3.37. The highest BCUT2D eigenvalue weighted by molar-refractivity contribution is 5.67. The van der Waals surface area contributed by atoms with Gasteiger partial charge in [0.1, 0.15) is 23.5 Å². The van der Waals surface area contributed by atoms with Gasteiger partial charge in [0.15, 0.2) is 6.17 Å². The molecule has 1 aromatic heterocycles. The molecule has 3 unspecified atom stereocenters. The summed E-state index contributed by atoms with van der Waals surface area (Å²) in [5.41, 5.74) is 2.07. The second kappa shape index (κ2) is 11.0. The van der Waals surface area contributed by atoms with E-state index in [1.54, 1.807) is 5.01 Å². The molecule has 6 aliphatic rings. The zero-order valence-corrected chi connectivity index (χ0v) is 23.7. The first-order valence-electron chi connectivity index (χ1n) is 15.0. The molecule has 220 valence electrons. The summed E-state index contributed by atoms with van der Waals surface area (Å²) >= 11 is 0. The van der Waals surface area contributed by atoms with Gasteiger partial charge in [-0.05, 0) is 19.1 Å². The number of hydrazone groups is 1. The zero-order valence-electron chi connectivity index (χ0n) is 23.7. The minimum Gasteiger partial charge on any atom is -0.370 e. The van der Waals surface area contributed by atoms with E-state index in [-0.39, 0.29) is 17.8 Å². The molecule has 0 radical (unpaired) electrons. The molecule has 1 N–H and O–H groups in total. The Balaban J connectivity index is 0.913. The summed E-state index contributed by atoms with van der Waals surface area (Å²) in [5.74, 6) is 1.02. The molecule has 7 rings (SSSR count). The van der Waals surface area contributed by atoms with E-state index in [4.69, 9.17) is 14.5 Å². The normalized spacial score (nSPS) is 33.4. The first-order valence-corrected chi connectivity index (χ1v) is 15.0. The van der Waals surface area contributed by atoms with Crippen LogP contribution in [0.2, 0.25) is 0 Å². The van der Waals surface area contributed by atoms with Crippen LogP contribution in [-0.2, 0) is 9.47 Å². The van der Waals surface area contributed by atoms with Crippen LogP contribution in [0.15, 0.2) is 35.2 Å². The van der Waals surface area contributed by atoms with Crippen molar-refractivity contribution in [2.75, 3.05) is 88.4 Å². The highest BCUT2D eigenvalue weighted by Crippen LogP contribution is 2.34. The minimum atomic E-state index is -1.20. The highest BCUT2D eigenvalue weighted by atomic mass is 19.1. The Hall–Kier alpha value is -2.98. The summed E-state index contributed by atoms with van der Waals surface area (Å²) in [5, 5.41) is 18.8. The number of morpholine rings is 2. The molecule has 1 aromatic rings. The Kier molecular flexibility index (Phi) is 7.23. The van der Waals surface area contributed by atoms with Crippen molar-refractivity contribution >= 4 is 17.7 Å². The van der Waals surface area contributed by atoms with Crippen LogP contribution in [-0.4, -0.2) is 141 Å². The Labute approximate surface area is 241 Å². The lowest BCUT2D eigenvalue weighted by molar-refractivity contribution is -0.0835. The van der Waals surface area contributed by atoms with Crippen LogP contribution in [0, 0.1) is 11.3 Å². The monoisotopic (exact) mass is 565 g/mol. The lowest BCUT2D eigenvalue weighted by Crippen LogP contribution is -2.70. The second-order valence-electron chi connectivity index (χ2n) is 12.2. The third-order valence-corrected chi connectivity index (χ3v) is 9.29. The van der Waals surface area contributed by atoms with Crippen molar-refractivity contribution < 1.29 is 13.9 Å². The van der Waals surface area contributed by atoms with Crippen LogP contribution in [0.25, 0.3) is 0 Å². The number of ether oxygens (including phenoxy) is 2. The predicted molar refractivity (Wildman–Crippen MR) is 154 cm³/mol. The molecule has 5 atom stereocenters. The van der Waals surface area contributed by atoms with Gasteiger partial charge in [-0.2, -0.15) is 10.4 Å². The van der Waals surface area contributed by atoms with Gasteiger partial charge in [-0.25, -0.2) is 9.37 Å². The molecule has 0 saturated carbocycles. The van der Waals surface area contributed by atoms with Crippen molar-refractivity contribution in [2.24, 2.45) is 5.10 Å². The molecule has 4 saturated heterocycles. The van der Waals surface area contributed by atoms with Crippen LogP contribution >= 0.6 is 0 Å². The van der Waals surface area contributed by atoms with Crippen molar-refractivity contribution in [1.29, 1.82) is 5.26 Å². The maximum Gasteiger partial charge on any atom is 0.164 e. The van der Waals surface area contributed by atoms with Crippen molar-refractivity contribution in [1.82, 2.24) is 25.1 Å². The largest absolute Gasteiger partial charge is 0.370 e. The quantitative estimate of drug-likeness (QED) is 0.549. The molecular formula is C29H40FN9O2. The third kappa shape index (κ3) is 5.25. The lowest BCUT2D eigenvalue weighted by atomic mass is 9.92. The number of alkyl halides is 1. The molecule has 12 heteroatoms. The van der Waals surface area contributed by atoms with Gasteiger partial charge < -0.3 is 29.5 Å². The van der Waals surface area contributed by atoms with Crippen LogP contribution < -0.4 is 15.1 Å². The number of nitrogens with one attached hydrogen (secondary N) is 1. The summed E-state index contributed by atoms with van der Waals surface area (Å²) < 4.78 is 27.2. The van der Waals surface area contributed by atoms with Gasteiger partial charge in [-0.1, -0.05) is 6.08 Å². The number of anilines is 2. The number of aromatic nitrogens is 1. The number of nitrogens with zero attached hydrogens (tertiary/aromatic N) is 8. The number of halogens is 1. The first-order chi connectivity index (χ1) is 20.0. The number of pyridine rings is 1. The van der Waals surface area contributed by atoms with E-state index in [1.807, 2.05) is 12.3 Å². The van der Waals surface area contributed by atoms with E-state index in [9.17, 15) is 9.65 Å². The fourth-order valence-electron chi connectivity index (χ4n) is 7.21. The van der Waals surface area contributed by atoms with E-state index in [1.165, 1.54) is 6.21 Å². The number of piperazine rings is 1. The van der Waals surface area contributed by atoms with E-state index < -0.39 is 18.3 Å². The molecular weight excluding hydrogens is 525 g/mol. The van der Waals surface area contributed by atoms with Crippen molar-refractivity contribution in [3.63, 3.8) is 0 Å². The van der Waals surface area contributed by atoms with Crippen LogP contribution in [0.5, 0.6) is 0 Å². The second-order valence-corrected chi connectivity index (χ2v) is 12.2. The van der Waals surface area contributed by atoms with Gasteiger partial charge in [0.2, 0.25) is 0 Å². The molecule has 4 fully saturated rings. The van der Waals surface area contributed by atoms with Gasteiger partial charge in [0, 0.05) is 71.0 Å². The SMILES string of the molecule is C[C@@H]1CN(C2=CCC(C#N)N3N=CC(F)C23)C[C@H](CN2CCN(c3ccc(N4CC5(CNCCO5)C4)nc3)CC2)O1. The van der Waals surface area contributed by atoms with E-state index in [0.717, 1.165) is 95.8 Å². The van der Waals surface area contributed by atoms with E-state index >= 15 is 0 Å². The lowest BCUT2D eigenvalue weighted by Gasteiger charge is -2.52. The van der Waals surface area contributed by atoms with Crippen LogP contribution in [0.1, 0.15) is 13.3 Å². The average molecular weight is 566 g/mol. The predicted octanol–water partition coefficient (Wildman–Crippen LogP) is 0.659. The van der Waals surface area contributed by atoms with Crippen LogP contribution in [0.3, 0.4) is 0 Å².